The third kappa shape index (κ3) is 2.22. The van der Waals surface area contributed by atoms with Gasteiger partial charge in [-0.05, 0) is 36.4 Å². The molecule has 1 aromatic heterocycles. The van der Waals surface area contributed by atoms with Gasteiger partial charge in [-0.2, -0.15) is 0 Å². The molecule has 1 fully saturated rings. The van der Waals surface area contributed by atoms with E-state index in [4.69, 9.17) is 25.5 Å². The highest BCUT2D eigenvalue weighted by molar-refractivity contribution is 6.30. The van der Waals surface area contributed by atoms with Gasteiger partial charge in [-0.3, -0.25) is 0 Å². The first-order chi connectivity index (χ1) is 8.33. The molecule has 0 saturated carbocycles. The van der Waals surface area contributed by atoms with Crippen LogP contribution in [0.3, 0.4) is 0 Å². The number of hydrogen-bond donors (Lipinski definition) is 0. The van der Waals surface area contributed by atoms with E-state index in [9.17, 15) is 0 Å². The summed E-state index contributed by atoms with van der Waals surface area (Å²) in [5.41, 5.74) is 0.985. The van der Waals surface area contributed by atoms with Gasteiger partial charge in [0.25, 0.3) is 0 Å². The van der Waals surface area contributed by atoms with Crippen molar-refractivity contribution in [3.8, 4) is 11.3 Å². The first kappa shape index (κ1) is 10.8. The molecule has 0 bridgehead atoms. The largest absolute Gasteiger partial charge is 0.456 e. The lowest BCUT2D eigenvalue weighted by molar-refractivity contribution is -0.0585. The van der Waals surface area contributed by atoms with Crippen LogP contribution in [-0.2, 0) is 9.47 Å². The standard InChI is InChI=1S/C13H11ClO3/c14-10-3-1-9(2-4-10)11-5-6-12(17-11)13-15-7-8-16-13/h1-6,13H,7-8H2. The van der Waals surface area contributed by atoms with Gasteiger partial charge in [-0.25, -0.2) is 0 Å². The minimum Gasteiger partial charge on any atom is -0.456 e. The van der Waals surface area contributed by atoms with Gasteiger partial charge in [-0.15, -0.1) is 0 Å². The molecule has 1 aromatic carbocycles. The van der Waals surface area contributed by atoms with E-state index in [0.29, 0.717) is 24.0 Å². The second-order valence-electron chi connectivity index (χ2n) is 3.78. The van der Waals surface area contributed by atoms with Gasteiger partial charge in [0, 0.05) is 10.6 Å². The average molecular weight is 251 g/mol. The number of hydrogen-bond acceptors (Lipinski definition) is 3. The van der Waals surface area contributed by atoms with Crippen molar-refractivity contribution in [2.24, 2.45) is 0 Å². The molecule has 4 heteroatoms. The summed E-state index contributed by atoms with van der Waals surface area (Å²) in [4.78, 5) is 0. The Hall–Kier alpha value is -1.29. The number of furan rings is 1. The van der Waals surface area contributed by atoms with Crippen LogP contribution in [0.15, 0.2) is 40.8 Å². The molecule has 88 valence electrons. The first-order valence-electron chi connectivity index (χ1n) is 5.42. The van der Waals surface area contributed by atoms with E-state index < -0.39 is 0 Å². The number of halogens is 1. The van der Waals surface area contributed by atoms with Crippen molar-refractivity contribution in [1.82, 2.24) is 0 Å². The Morgan fingerprint density at radius 2 is 1.65 bits per heavy atom. The van der Waals surface area contributed by atoms with Crippen LogP contribution in [0, 0.1) is 0 Å². The van der Waals surface area contributed by atoms with Crippen molar-refractivity contribution < 1.29 is 13.9 Å². The topological polar surface area (TPSA) is 31.6 Å². The molecule has 1 saturated heterocycles. The summed E-state index contributed by atoms with van der Waals surface area (Å²) in [5.74, 6) is 1.49. The zero-order valence-electron chi connectivity index (χ0n) is 9.06. The van der Waals surface area contributed by atoms with E-state index in [-0.39, 0.29) is 6.29 Å². The van der Waals surface area contributed by atoms with Crippen molar-refractivity contribution in [3.05, 3.63) is 47.2 Å². The van der Waals surface area contributed by atoms with Gasteiger partial charge in [-0.1, -0.05) is 11.6 Å². The predicted octanol–water partition coefficient (Wildman–Crippen LogP) is 3.65. The molecule has 17 heavy (non-hydrogen) atoms. The Labute approximate surface area is 104 Å². The van der Waals surface area contributed by atoms with Crippen molar-refractivity contribution in [3.63, 3.8) is 0 Å². The molecule has 0 radical (unpaired) electrons. The Morgan fingerprint density at radius 1 is 0.941 bits per heavy atom. The summed E-state index contributed by atoms with van der Waals surface area (Å²) in [7, 11) is 0. The maximum atomic E-state index is 5.84. The van der Waals surface area contributed by atoms with Crippen LogP contribution in [0.4, 0.5) is 0 Å². The van der Waals surface area contributed by atoms with E-state index in [2.05, 4.69) is 0 Å². The smallest absolute Gasteiger partial charge is 0.217 e. The van der Waals surface area contributed by atoms with Crippen molar-refractivity contribution in [1.29, 1.82) is 0 Å². The van der Waals surface area contributed by atoms with E-state index in [1.54, 1.807) is 0 Å². The molecular formula is C13H11ClO3. The fourth-order valence-electron chi connectivity index (χ4n) is 1.77. The van der Waals surface area contributed by atoms with Crippen LogP contribution in [0.1, 0.15) is 12.1 Å². The Kier molecular flexibility index (Phi) is 2.89. The van der Waals surface area contributed by atoms with Crippen molar-refractivity contribution >= 4 is 11.6 Å². The van der Waals surface area contributed by atoms with Crippen LogP contribution in [-0.4, -0.2) is 13.2 Å². The third-order valence-corrected chi connectivity index (χ3v) is 2.86. The van der Waals surface area contributed by atoms with Crippen LogP contribution in [0.2, 0.25) is 5.02 Å². The first-order valence-corrected chi connectivity index (χ1v) is 5.79. The summed E-state index contributed by atoms with van der Waals surface area (Å²) < 4.78 is 16.4. The van der Waals surface area contributed by atoms with Crippen LogP contribution in [0.25, 0.3) is 11.3 Å². The molecule has 0 atom stereocenters. The second-order valence-corrected chi connectivity index (χ2v) is 4.22. The number of rotatable bonds is 2. The normalized spacial score (nSPS) is 16.5. The molecule has 3 nitrogen and oxygen atoms in total. The maximum Gasteiger partial charge on any atom is 0.217 e. The van der Waals surface area contributed by atoms with E-state index in [1.165, 1.54) is 0 Å². The molecule has 2 heterocycles. The minimum atomic E-state index is -0.365. The maximum absolute atomic E-state index is 5.84. The summed E-state index contributed by atoms with van der Waals surface area (Å²) in [5, 5.41) is 0.711. The van der Waals surface area contributed by atoms with Crippen LogP contribution in [0.5, 0.6) is 0 Å². The molecule has 0 N–H and O–H groups in total. The monoisotopic (exact) mass is 250 g/mol. The van der Waals surface area contributed by atoms with E-state index in [0.717, 1.165) is 11.3 Å². The lowest BCUT2D eigenvalue weighted by atomic mass is 10.2. The summed E-state index contributed by atoms with van der Waals surface area (Å²) >= 11 is 5.84. The minimum absolute atomic E-state index is 0.365. The van der Waals surface area contributed by atoms with Gasteiger partial charge >= 0.3 is 0 Å². The highest BCUT2D eigenvalue weighted by atomic mass is 35.5. The highest BCUT2D eigenvalue weighted by Crippen LogP contribution is 2.30. The lowest BCUT2D eigenvalue weighted by Gasteiger charge is -2.04. The van der Waals surface area contributed by atoms with Gasteiger partial charge in [0.1, 0.15) is 5.76 Å². The molecular weight excluding hydrogens is 240 g/mol. The number of benzene rings is 1. The zero-order valence-corrected chi connectivity index (χ0v) is 9.81. The fraction of sp³-hybridized carbons (Fsp3) is 0.231. The molecule has 0 unspecified atom stereocenters. The zero-order chi connectivity index (χ0) is 11.7. The average Bonchev–Trinajstić information content (AvgIpc) is 3.00. The molecule has 0 aliphatic carbocycles. The molecule has 0 amide bonds. The predicted molar refractivity (Wildman–Crippen MR) is 63.8 cm³/mol. The highest BCUT2D eigenvalue weighted by Gasteiger charge is 2.21. The van der Waals surface area contributed by atoms with Crippen LogP contribution < -0.4 is 0 Å². The Balaban J connectivity index is 1.86. The summed E-state index contributed by atoms with van der Waals surface area (Å²) in [6.45, 7) is 1.23. The third-order valence-electron chi connectivity index (χ3n) is 2.61. The van der Waals surface area contributed by atoms with E-state index >= 15 is 0 Å². The summed E-state index contributed by atoms with van der Waals surface area (Å²) in [6, 6.07) is 11.3. The van der Waals surface area contributed by atoms with Crippen molar-refractivity contribution in [2.75, 3.05) is 13.2 Å². The van der Waals surface area contributed by atoms with Gasteiger partial charge < -0.3 is 13.9 Å². The van der Waals surface area contributed by atoms with Gasteiger partial charge in [0.2, 0.25) is 6.29 Å². The van der Waals surface area contributed by atoms with Crippen molar-refractivity contribution in [2.45, 2.75) is 6.29 Å². The molecule has 0 spiro atoms. The van der Waals surface area contributed by atoms with Crippen LogP contribution >= 0.6 is 11.6 Å². The molecule has 1 aliphatic rings. The fourth-order valence-corrected chi connectivity index (χ4v) is 1.90. The Morgan fingerprint density at radius 3 is 2.35 bits per heavy atom. The summed E-state index contributed by atoms with van der Waals surface area (Å²) in [6.07, 6.45) is -0.365. The molecule has 2 aromatic rings. The number of ether oxygens (including phenoxy) is 2. The van der Waals surface area contributed by atoms with Gasteiger partial charge in [0.05, 0.1) is 13.2 Å². The second kappa shape index (κ2) is 4.53. The Bertz CT molecular complexity index is 498. The SMILES string of the molecule is Clc1ccc(-c2ccc(C3OCCO3)o2)cc1. The quantitative estimate of drug-likeness (QED) is 0.815. The van der Waals surface area contributed by atoms with E-state index in [1.807, 2.05) is 36.4 Å². The molecule has 3 rings (SSSR count). The van der Waals surface area contributed by atoms with Gasteiger partial charge in [0.15, 0.2) is 5.76 Å². The molecule has 1 aliphatic heterocycles. The lowest BCUT2D eigenvalue weighted by Crippen LogP contribution is -1.94.